The van der Waals surface area contributed by atoms with E-state index in [1.807, 2.05) is 12.1 Å². The van der Waals surface area contributed by atoms with E-state index in [9.17, 15) is 4.79 Å². The molecule has 1 aliphatic carbocycles. The Balaban J connectivity index is 1.28. The first-order valence-electron chi connectivity index (χ1n) is 10.7. The summed E-state index contributed by atoms with van der Waals surface area (Å²) in [4.78, 5) is 21.4. The summed E-state index contributed by atoms with van der Waals surface area (Å²) in [7, 11) is 0. The van der Waals surface area contributed by atoms with Crippen LogP contribution in [-0.2, 0) is 6.54 Å². The van der Waals surface area contributed by atoms with Gasteiger partial charge in [0.25, 0.3) is 5.56 Å². The van der Waals surface area contributed by atoms with Gasteiger partial charge in [-0.05, 0) is 37.0 Å². The van der Waals surface area contributed by atoms with Crippen LogP contribution >= 0.6 is 0 Å². The van der Waals surface area contributed by atoms with Crippen LogP contribution in [0, 0.1) is 5.92 Å². The molecule has 0 aromatic carbocycles. The smallest absolute Gasteiger partial charge is 0.266 e. The van der Waals surface area contributed by atoms with Crippen molar-refractivity contribution in [1.82, 2.24) is 24.6 Å². The van der Waals surface area contributed by atoms with E-state index in [0.717, 1.165) is 49.9 Å². The highest BCUT2D eigenvalue weighted by atomic mass is 16.1. The minimum Gasteiger partial charge on any atom is -0.301 e. The second-order valence-corrected chi connectivity index (χ2v) is 8.17. The van der Waals surface area contributed by atoms with Crippen molar-refractivity contribution in [3.05, 3.63) is 47.0 Å². The van der Waals surface area contributed by atoms with Gasteiger partial charge in [0.1, 0.15) is 0 Å². The molecule has 0 unspecified atom stereocenters. The third-order valence-corrected chi connectivity index (χ3v) is 6.16. The van der Waals surface area contributed by atoms with Crippen molar-refractivity contribution in [1.29, 1.82) is 0 Å². The van der Waals surface area contributed by atoms with Crippen LogP contribution in [0.15, 0.2) is 41.5 Å². The van der Waals surface area contributed by atoms with Crippen molar-refractivity contribution in [2.45, 2.75) is 38.6 Å². The van der Waals surface area contributed by atoms with E-state index in [4.69, 9.17) is 0 Å². The Hall–Kier alpha value is -2.05. The lowest BCUT2D eigenvalue weighted by atomic mass is 9.89. The molecule has 3 heterocycles. The molecular weight excluding hydrogens is 350 g/mol. The van der Waals surface area contributed by atoms with Crippen LogP contribution in [0.2, 0.25) is 0 Å². The summed E-state index contributed by atoms with van der Waals surface area (Å²) >= 11 is 0. The molecule has 150 valence electrons. The zero-order chi connectivity index (χ0) is 19.2. The van der Waals surface area contributed by atoms with Crippen LogP contribution < -0.4 is 5.56 Å². The zero-order valence-electron chi connectivity index (χ0n) is 16.7. The molecule has 6 nitrogen and oxygen atoms in total. The van der Waals surface area contributed by atoms with E-state index in [0.29, 0.717) is 6.54 Å². The zero-order valence-corrected chi connectivity index (χ0v) is 16.7. The normalized spacial score (nSPS) is 19.7. The largest absolute Gasteiger partial charge is 0.301 e. The molecule has 0 bridgehead atoms. The summed E-state index contributed by atoms with van der Waals surface area (Å²) in [5.41, 5.74) is 1.70. The van der Waals surface area contributed by atoms with E-state index in [-0.39, 0.29) is 5.56 Å². The predicted octanol–water partition coefficient (Wildman–Crippen LogP) is 2.50. The maximum Gasteiger partial charge on any atom is 0.266 e. The highest BCUT2D eigenvalue weighted by molar-refractivity contribution is 5.56. The van der Waals surface area contributed by atoms with Crippen LogP contribution in [0.4, 0.5) is 0 Å². The third-order valence-electron chi connectivity index (χ3n) is 6.16. The molecule has 2 aliphatic rings. The van der Waals surface area contributed by atoms with Crippen molar-refractivity contribution >= 4 is 0 Å². The second kappa shape index (κ2) is 9.43. The van der Waals surface area contributed by atoms with E-state index in [2.05, 4.69) is 19.9 Å². The Bertz CT molecular complexity index is 792. The highest BCUT2D eigenvalue weighted by Crippen LogP contribution is 2.24. The van der Waals surface area contributed by atoms with Gasteiger partial charge >= 0.3 is 0 Å². The molecule has 1 saturated heterocycles. The van der Waals surface area contributed by atoms with Gasteiger partial charge in [-0.1, -0.05) is 19.3 Å². The van der Waals surface area contributed by atoms with E-state index >= 15 is 0 Å². The van der Waals surface area contributed by atoms with Gasteiger partial charge in [-0.25, -0.2) is 4.68 Å². The molecule has 0 radical (unpaired) electrons. The minimum absolute atomic E-state index is 0.0384. The Kier molecular flexibility index (Phi) is 6.49. The van der Waals surface area contributed by atoms with Gasteiger partial charge < -0.3 is 4.90 Å². The summed E-state index contributed by atoms with van der Waals surface area (Å²) < 4.78 is 1.59. The van der Waals surface area contributed by atoms with Crippen LogP contribution in [0.3, 0.4) is 0 Å². The fourth-order valence-corrected chi connectivity index (χ4v) is 4.44. The Morgan fingerprint density at radius 2 is 1.71 bits per heavy atom. The van der Waals surface area contributed by atoms with Crippen molar-refractivity contribution in [2.75, 3.05) is 39.3 Å². The van der Waals surface area contributed by atoms with Gasteiger partial charge in [-0.3, -0.25) is 14.7 Å². The van der Waals surface area contributed by atoms with Crippen LogP contribution in [-0.4, -0.2) is 63.8 Å². The molecule has 28 heavy (non-hydrogen) atoms. The molecule has 0 N–H and O–H groups in total. The number of piperazine rings is 1. The van der Waals surface area contributed by atoms with Crippen LogP contribution in [0.1, 0.15) is 32.1 Å². The van der Waals surface area contributed by atoms with Gasteiger partial charge in [0.2, 0.25) is 0 Å². The van der Waals surface area contributed by atoms with Gasteiger partial charge in [-0.2, -0.15) is 5.10 Å². The molecule has 1 aliphatic heterocycles. The maximum absolute atomic E-state index is 12.2. The first kappa shape index (κ1) is 19.3. The first-order valence-corrected chi connectivity index (χ1v) is 10.7. The molecular formula is C22H31N5O. The molecule has 0 atom stereocenters. The average molecular weight is 382 g/mol. The van der Waals surface area contributed by atoms with Gasteiger partial charge in [0.15, 0.2) is 0 Å². The second-order valence-electron chi connectivity index (χ2n) is 8.17. The number of aromatic nitrogens is 3. The van der Waals surface area contributed by atoms with Crippen molar-refractivity contribution in [3.63, 3.8) is 0 Å². The maximum atomic E-state index is 12.2. The fraction of sp³-hybridized carbons (Fsp3) is 0.591. The molecule has 6 heteroatoms. The van der Waals surface area contributed by atoms with Crippen molar-refractivity contribution in [3.8, 4) is 11.3 Å². The van der Waals surface area contributed by atoms with Gasteiger partial charge in [-0.15, -0.1) is 0 Å². The van der Waals surface area contributed by atoms with Gasteiger partial charge in [0, 0.05) is 63.3 Å². The Morgan fingerprint density at radius 3 is 2.46 bits per heavy atom. The molecule has 2 aromatic rings. The van der Waals surface area contributed by atoms with E-state index in [1.165, 1.54) is 38.6 Å². The standard InChI is InChI=1S/C22H31N5O/c28-22-9-8-21(20-7-4-10-23-17-20)24-27(22)16-15-25-11-13-26(14-12-25)18-19-5-2-1-3-6-19/h4,7-10,17,19H,1-3,5-6,11-16,18H2. The van der Waals surface area contributed by atoms with Crippen LogP contribution in [0.25, 0.3) is 11.3 Å². The lowest BCUT2D eigenvalue weighted by molar-refractivity contribution is 0.106. The van der Waals surface area contributed by atoms with Crippen molar-refractivity contribution < 1.29 is 0 Å². The lowest BCUT2D eigenvalue weighted by Gasteiger charge is -2.37. The minimum atomic E-state index is -0.0384. The number of hydrogen-bond acceptors (Lipinski definition) is 5. The number of pyridine rings is 1. The number of hydrogen-bond donors (Lipinski definition) is 0. The third kappa shape index (κ3) is 5.06. The summed E-state index contributed by atoms with van der Waals surface area (Å²) in [5, 5.41) is 4.55. The monoisotopic (exact) mass is 381 g/mol. The molecule has 2 fully saturated rings. The molecule has 2 aromatic heterocycles. The van der Waals surface area contributed by atoms with Gasteiger partial charge in [0.05, 0.1) is 12.2 Å². The number of nitrogens with zero attached hydrogens (tertiary/aromatic N) is 5. The van der Waals surface area contributed by atoms with Crippen LogP contribution in [0.5, 0.6) is 0 Å². The predicted molar refractivity (Wildman–Crippen MR) is 111 cm³/mol. The molecule has 0 amide bonds. The SMILES string of the molecule is O=c1ccc(-c2cccnc2)nn1CCN1CCN(CC2CCCCC2)CC1. The Labute approximate surface area is 167 Å². The fourth-order valence-electron chi connectivity index (χ4n) is 4.44. The quantitative estimate of drug-likeness (QED) is 0.770. The lowest BCUT2D eigenvalue weighted by Crippen LogP contribution is -2.48. The topological polar surface area (TPSA) is 54.3 Å². The summed E-state index contributed by atoms with van der Waals surface area (Å²) in [5.74, 6) is 0.915. The van der Waals surface area contributed by atoms with E-state index in [1.54, 1.807) is 29.2 Å². The summed E-state index contributed by atoms with van der Waals surface area (Å²) in [6.45, 7) is 7.26. The Morgan fingerprint density at radius 1 is 0.929 bits per heavy atom. The number of rotatable bonds is 6. The summed E-state index contributed by atoms with van der Waals surface area (Å²) in [6, 6.07) is 7.24. The van der Waals surface area contributed by atoms with Crippen molar-refractivity contribution in [2.24, 2.45) is 5.92 Å². The molecule has 4 rings (SSSR count). The highest BCUT2D eigenvalue weighted by Gasteiger charge is 2.21. The molecule has 0 spiro atoms. The molecule has 1 saturated carbocycles. The van der Waals surface area contributed by atoms with E-state index < -0.39 is 0 Å². The summed E-state index contributed by atoms with van der Waals surface area (Å²) in [6.07, 6.45) is 10.6. The first-order chi connectivity index (χ1) is 13.8. The average Bonchev–Trinajstić information content (AvgIpc) is 2.75.